The second-order valence-corrected chi connectivity index (χ2v) is 9.23. The fraction of sp³-hybridized carbons (Fsp3) is 0.611. The van der Waals surface area contributed by atoms with Gasteiger partial charge in [-0.05, 0) is 30.9 Å². The van der Waals surface area contributed by atoms with Crippen molar-refractivity contribution in [2.75, 3.05) is 18.8 Å². The quantitative estimate of drug-likeness (QED) is 0.754. The van der Waals surface area contributed by atoms with Crippen molar-refractivity contribution < 1.29 is 18.0 Å². The number of hydrogen-bond donors (Lipinski definition) is 1. The summed E-state index contributed by atoms with van der Waals surface area (Å²) in [6.07, 6.45) is 6.55. The van der Waals surface area contributed by atoms with Gasteiger partial charge in [0, 0.05) is 31.9 Å². The highest BCUT2D eigenvalue weighted by Crippen LogP contribution is 2.34. The average molecular weight is 394 g/mol. The Labute approximate surface area is 160 Å². The minimum atomic E-state index is -3.30. The number of carbonyl (C=O) groups is 1. The van der Waals surface area contributed by atoms with Crippen LogP contribution in [-0.4, -0.2) is 53.8 Å². The molecule has 1 fully saturated rings. The van der Waals surface area contributed by atoms with Gasteiger partial charge in [0.05, 0.1) is 12.3 Å². The molecule has 1 saturated heterocycles. The van der Waals surface area contributed by atoms with E-state index in [9.17, 15) is 13.2 Å². The number of amides is 1. The first-order valence-electron chi connectivity index (χ1n) is 9.34. The first-order valence-corrected chi connectivity index (χ1v) is 10.9. The van der Waals surface area contributed by atoms with Crippen LogP contribution in [0.15, 0.2) is 29.7 Å². The molecule has 3 rings (SSSR count). The van der Waals surface area contributed by atoms with E-state index in [1.807, 2.05) is 19.1 Å². The molecule has 0 aromatic carbocycles. The number of unbranched alkanes of at least 4 members (excludes halogenated alkanes) is 1. The van der Waals surface area contributed by atoms with Crippen molar-refractivity contribution >= 4 is 21.6 Å². The van der Waals surface area contributed by atoms with Crippen LogP contribution in [0.25, 0.3) is 0 Å². The van der Waals surface area contributed by atoms with Crippen molar-refractivity contribution in [2.45, 2.75) is 51.2 Å². The molecule has 0 aliphatic carbocycles. The summed E-state index contributed by atoms with van der Waals surface area (Å²) >= 11 is 0. The fourth-order valence-corrected chi connectivity index (χ4v) is 5.15. The lowest BCUT2D eigenvalue weighted by Crippen LogP contribution is -2.51. The molecular formula is C18H26N4O4S. The van der Waals surface area contributed by atoms with Crippen molar-refractivity contribution in [1.29, 1.82) is 0 Å². The van der Waals surface area contributed by atoms with E-state index in [-0.39, 0.29) is 18.2 Å². The van der Waals surface area contributed by atoms with Crippen LogP contribution in [0, 0.1) is 0 Å². The van der Waals surface area contributed by atoms with E-state index in [1.165, 1.54) is 4.31 Å². The van der Waals surface area contributed by atoms with Crippen LogP contribution < -0.4 is 5.32 Å². The van der Waals surface area contributed by atoms with Gasteiger partial charge in [-0.1, -0.05) is 24.6 Å². The summed E-state index contributed by atoms with van der Waals surface area (Å²) in [6, 6.07) is 3.68. The molecule has 0 bridgehead atoms. The van der Waals surface area contributed by atoms with Crippen LogP contribution in [0.1, 0.15) is 44.6 Å². The number of rotatable bonds is 7. The highest BCUT2D eigenvalue weighted by molar-refractivity contribution is 7.89. The number of sulfonamides is 1. The van der Waals surface area contributed by atoms with Crippen LogP contribution in [0.2, 0.25) is 0 Å². The van der Waals surface area contributed by atoms with E-state index >= 15 is 0 Å². The van der Waals surface area contributed by atoms with Gasteiger partial charge in [0.1, 0.15) is 5.71 Å². The van der Waals surface area contributed by atoms with E-state index in [0.29, 0.717) is 44.5 Å². The third-order valence-corrected chi connectivity index (χ3v) is 6.83. The summed E-state index contributed by atoms with van der Waals surface area (Å²) in [6.45, 7) is 3.08. The number of hydrogen-bond acceptors (Lipinski definition) is 6. The molecule has 148 valence electrons. The normalized spacial score (nSPS) is 23.1. The first kappa shape index (κ1) is 19.8. The highest BCUT2D eigenvalue weighted by Gasteiger charge is 2.46. The number of aromatic nitrogens is 1. The van der Waals surface area contributed by atoms with Crippen LogP contribution >= 0.6 is 0 Å². The minimum absolute atomic E-state index is 0.152. The van der Waals surface area contributed by atoms with Crippen LogP contribution in [-0.2, 0) is 26.2 Å². The van der Waals surface area contributed by atoms with Gasteiger partial charge in [-0.3, -0.25) is 9.78 Å². The lowest BCUT2D eigenvalue weighted by Gasteiger charge is -2.37. The van der Waals surface area contributed by atoms with Gasteiger partial charge in [-0.2, -0.15) is 4.31 Å². The Morgan fingerprint density at radius 1 is 1.44 bits per heavy atom. The van der Waals surface area contributed by atoms with Crippen molar-refractivity contribution in [2.24, 2.45) is 5.16 Å². The monoisotopic (exact) mass is 394 g/mol. The van der Waals surface area contributed by atoms with Gasteiger partial charge in [-0.25, -0.2) is 8.42 Å². The van der Waals surface area contributed by atoms with Crippen molar-refractivity contribution in [3.63, 3.8) is 0 Å². The maximum Gasteiger partial charge on any atom is 0.269 e. The third-order valence-electron chi connectivity index (χ3n) is 4.93. The zero-order valence-corrected chi connectivity index (χ0v) is 16.4. The molecule has 9 heteroatoms. The molecule has 8 nitrogen and oxygen atoms in total. The van der Waals surface area contributed by atoms with E-state index in [4.69, 9.17) is 4.84 Å². The maximum atomic E-state index is 12.5. The number of nitrogens with one attached hydrogen (secondary N) is 1. The Hall–Kier alpha value is -2.00. The summed E-state index contributed by atoms with van der Waals surface area (Å²) in [4.78, 5) is 22.0. The summed E-state index contributed by atoms with van der Waals surface area (Å²) in [5.41, 5.74) is 0.482. The molecule has 1 N–H and O–H groups in total. The maximum absolute atomic E-state index is 12.5. The zero-order valence-electron chi connectivity index (χ0n) is 15.6. The van der Waals surface area contributed by atoms with E-state index in [1.54, 1.807) is 12.4 Å². The van der Waals surface area contributed by atoms with E-state index in [2.05, 4.69) is 15.5 Å². The number of nitrogens with zero attached hydrogens (tertiary/aromatic N) is 3. The summed E-state index contributed by atoms with van der Waals surface area (Å²) in [5, 5.41) is 6.78. The molecule has 1 aromatic rings. The van der Waals surface area contributed by atoms with Gasteiger partial charge >= 0.3 is 0 Å². The predicted molar refractivity (Wildman–Crippen MR) is 101 cm³/mol. The summed E-state index contributed by atoms with van der Waals surface area (Å²) in [5.74, 6) is -0.138. The Morgan fingerprint density at radius 2 is 2.30 bits per heavy atom. The topological polar surface area (TPSA) is 101 Å². The van der Waals surface area contributed by atoms with Gasteiger partial charge in [-0.15, -0.1) is 0 Å². The van der Waals surface area contributed by atoms with Gasteiger partial charge in [0.2, 0.25) is 10.0 Å². The lowest BCUT2D eigenvalue weighted by molar-refractivity contribution is -0.115. The summed E-state index contributed by atoms with van der Waals surface area (Å²) < 4.78 is 26.5. The predicted octanol–water partition coefficient (Wildman–Crippen LogP) is 1.44. The van der Waals surface area contributed by atoms with Gasteiger partial charge in [0.25, 0.3) is 5.91 Å². The Bertz CT molecular complexity index is 797. The third kappa shape index (κ3) is 4.84. The van der Waals surface area contributed by atoms with Gasteiger partial charge in [0.15, 0.2) is 5.60 Å². The van der Waals surface area contributed by atoms with Crippen molar-refractivity contribution in [1.82, 2.24) is 14.6 Å². The average Bonchev–Trinajstić information content (AvgIpc) is 3.08. The molecule has 1 amide bonds. The smallest absolute Gasteiger partial charge is 0.269 e. The SMILES string of the molecule is CCCCS(=O)(=O)N1CCC[C@]2(CC(C(=O)NCc3cccnc3)=NO2)C1. The van der Waals surface area contributed by atoms with Crippen molar-refractivity contribution in [3.05, 3.63) is 30.1 Å². The second-order valence-electron chi connectivity index (χ2n) is 7.14. The number of pyridine rings is 1. The number of carbonyl (C=O) groups excluding carboxylic acids is 1. The molecule has 2 aliphatic rings. The molecule has 27 heavy (non-hydrogen) atoms. The number of oxime groups is 1. The minimum Gasteiger partial charge on any atom is -0.387 e. The highest BCUT2D eigenvalue weighted by atomic mass is 32.2. The zero-order chi connectivity index (χ0) is 19.3. The van der Waals surface area contributed by atoms with Gasteiger partial charge < -0.3 is 10.2 Å². The second kappa shape index (κ2) is 8.35. The fourth-order valence-electron chi connectivity index (χ4n) is 3.40. The molecule has 1 aromatic heterocycles. The Kier molecular flexibility index (Phi) is 6.11. The van der Waals surface area contributed by atoms with E-state index in [0.717, 1.165) is 12.0 Å². The molecular weight excluding hydrogens is 368 g/mol. The largest absolute Gasteiger partial charge is 0.387 e. The molecule has 0 unspecified atom stereocenters. The molecule has 1 atom stereocenters. The van der Waals surface area contributed by atoms with Crippen LogP contribution in [0.3, 0.4) is 0 Å². The standard InChI is InChI=1S/C18H26N4O4S/c1-2-3-10-27(24,25)22-9-5-7-18(14-22)11-16(21-26-18)17(23)20-13-15-6-4-8-19-12-15/h4,6,8,12H,2-3,5,7,9-11,13-14H2,1H3,(H,20,23)/t18-/m0/s1. The molecule has 0 saturated carbocycles. The van der Waals surface area contributed by atoms with E-state index < -0.39 is 15.6 Å². The van der Waals surface area contributed by atoms with Crippen LogP contribution in [0.5, 0.6) is 0 Å². The number of piperidine rings is 1. The first-order chi connectivity index (χ1) is 12.9. The van der Waals surface area contributed by atoms with Crippen molar-refractivity contribution in [3.8, 4) is 0 Å². The Morgan fingerprint density at radius 3 is 3.04 bits per heavy atom. The summed E-state index contributed by atoms with van der Waals surface area (Å²) in [7, 11) is -3.30. The molecule has 0 radical (unpaired) electrons. The van der Waals surface area contributed by atoms with Crippen LogP contribution in [0.4, 0.5) is 0 Å². The molecule has 3 heterocycles. The molecule has 2 aliphatic heterocycles. The Balaban J connectivity index is 1.57. The molecule has 1 spiro atoms. The lowest BCUT2D eigenvalue weighted by atomic mass is 9.89.